The van der Waals surface area contributed by atoms with E-state index in [1.807, 2.05) is 0 Å². The predicted octanol–water partition coefficient (Wildman–Crippen LogP) is 9.76. The molecular weight excluding hydrogens is 627 g/mol. The first-order valence-electron chi connectivity index (χ1n) is 15.8. The molecule has 0 saturated heterocycles. The van der Waals surface area contributed by atoms with E-state index in [2.05, 4.69) is 27.7 Å². The summed E-state index contributed by atoms with van der Waals surface area (Å²) < 4.78 is 63.2. The number of carbonyl (C=O) groups excluding carboxylic acids is 1. The Balaban J connectivity index is 0.00000195. The summed E-state index contributed by atoms with van der Waals surface area (Å²) in [7, 11) is 6.00. The fourth-order valence-corrected chi connectivity index (χ4v) is 4.40. The Bertz CT molecular complexity index is 1380. The number of amides is 1. The van der Waals surface area contributed by atoms with E-state index < -0.39 is 17.7 Å². The van der Waals surface area contributed by atoms with Gasteiger partial charge in [0.25, 0.3) is 6.47 Å². The standard InChI is InChI=1S/C29H32F3NO5.C4H10.C3H8.CH2O2/c1-7-27(34)33(17-19-11-13-21(35-3)16-26(19)37-5)24-14-12-20(29(30,31)32)15-23(24)18(2)22-9-8-10-25(36-4)28(22)38-6;1-3-4-2;1-3-2;2-1-3/h8-16,18H,7,17H2,1-6H3;3-4H2,1-2H3;3H2,1-2H3;1H,(H,2,3)/t18-;;;/m1.../s1. The van der Waals surface area contributed by atoms with E-state index in [9.17, 15) is 18.0 Å². The van der Waals surface area contributed by atoms with Crippen LogP contribution in [0.25, 0.3) is 0 Å². The number of hydrogen-bond acceptors (Lipinski definition) is 6. The number of methoxy groups -OCH3 is 4. The van der Waals surface area contributed by atoms with Crippen LogP contribution in [0.1, 0.15) is 95.4 Å². The van der Waals surface area contributed by atoms with E-state index in [-0.39, 0.29) is 25.3 Å². The van der Waals surface area contributed by atoms with Crippen molar-refractivity contribution >= 4 is 18.1 Å². The summed E-state index contributed by atoms with van der Waals surface area (Å²) in [6, 6.07) is 13.9. The third-order valence-corrected chi connectivity index (χ3v) is 6.94. The van der Waals surface area contributed by atoms with E-state index in [0.29, 0.717) is 45.4 Å². The topological polar surface area (TPSA) is 94.5 Å². The summed E-state index contributed by atoms with van der Waals surface area (Å²) in [6.07, 6.45) is -0.528. The Kier molecular flexibility index (Phi) is 20.9. The van der Waals surface area contributed by atoms with Crippen LogP contribution in [-0.4, -0.2) is 45.9 Å². The molecule has 0 fully saturated rings. The molecule has 0 radical (unpaired) electrons. The lowest BCUT2D eigenvalue weighted by Crippen LogP contribution is -2.31. The van der Waals surface area contributed by atoms with Gasteiger partial charge in [-0.05, 0) is 42.0 Å². The number of alkyl halides is 3. The van der Waals surface area contributed by atoms with Crippen LogP contribution in [0, 0.1) is 0 Å². The number of unbranched alkanes of at least 4 members (excludes halogenated alkanes) is 1. The van der Waals surface area contributed by atoms with E-state index >= 15 is 0 Å². The van der Waals surface area contributed by atoms with Gasteiger partial charge >= 0.3 is 6.18 Å². The molecule has 0 heterocycles. The van der Waals surface area contributed by atoms with Crippen molar-refractivity contribution in [2.24, 2.45) is 0 Å². The van der Waals surface area contributed by atoms with Crippen molar-refractivity contribution in [2.75, 3.05) is 33.3 Å². The SMILES string of the molecule is CCC.CCC(=O)N(Cc1ccc(OC)cc1OC)c1ccc(C(F)(F)F)cc1[C@H](C)c1cccc(OC)c1OC.CCCC.O=CO. The Morgan fingerprint density at radius 3 is 1.88 bits per heavy atom. The van der Waals surface area contributed by atoms with Gasteiger partial charge in [0.1, 0.15) is 11.5 Å². The Hall–Kier alpha value is -4.41. The number of nitrogens with zero attached hydrogens (tertiary/aromatic N) is 1. The molecule has 1 N–H and O–H groups in total. The van der Waals surface area contributed by atoms with Gasteiger partial charge < -0.3 is 29.0 Å². The van der Waals surface area contributed by atoms with Gasteiger partial charge in [-0.2, -0.15) is 13.2 Å². The van der Waals surface area contributed by atoms with Gasteiger partial charge in [-0.3, -0.25) is 9.59 Å². The molecule has 1 amide bonds. The average molecular weight is 680 g/mol. The van der Waals surface area contributed by atoms with Crippen molar-refractivity contribution in [1.29, 1.82) is 0 Å². The van der Waals surface area contributed by atoms with Crippen LogP contribution in [0.3, 0.4) is 0 Å². The summed E-state index contributed by atoms with van der Waals surface area (Å²) >= 11 is 0. The maximum Gasteiger partial charge on any atom is 0.416 e. The fraction of sp³-hybridized carbons (Fsp3) is 0.459. The molecule has 48 heavy (non-hydrogen) atoms. The molecule has 0 aliphatic rings. The molecule has 1 atom stereocenters. The molecule has 8 nitrogen and oxygen atoms in total. The maximum absolute atomic E-state index is 13.8. The third-order valence-electron chi connectivity index (χ3n) is 6.94. The monoisotopic (exact) mass is 679 g/mol. The second kappa shape index (κ2) is 23.0. The van der Waals surface area contributed by atoms with E-state index in [1.54, 1.807) is 50.2 Å². The zero-order chi connectivity index (χ0) is 36.9. The summed E-state index contributed by atoms with van der Waals surface area (Å²) in [5, 5.41) is 6.89. The smallest absolute Gasteiger partial charge is 0.416 e. The number of halogens is 3. The number of benzene rings is 3. The highest BCUT2D eigenvalue weighted by Crippen LogP contribution is 2.43. The minimum atomic E-state index is -4.57. The molecule has 0 aromatic heterocycles. The molecule has 3 aromatic rings. The Labute approximate surface area is 283 Å². The van der Waals surface area contributed by atoms with Crippen LogP contribution in [0.2, 0.25) is 0 Å². The molecule has 11 heteroatoms. The second-order valence-electron chi connectivity index (χ2n) is 10.4. The van der Waals surface area contributed by atoms with Crippen LogP contribution in [0.15, 0.2) is 54.6 Å². The predicted molar refractivity (Wildman–Crippen MR) is 185 cm³/mol. The Morgan fingerprint density at radius 1 is 0.833 bits per heavy atom. The van der Waals surface area contributed by atoms with Gasteiger partial charge in [0.05, 0.1) is 40.5 Å². The van der Waals surface area contributed by atoms with Gasteiger partial charge in [0.2, 0.25) is 5.91 Å². The van der Waals surface area contributed by atoms with Crippen LogP contribution in [0.4, 0.5) is 18.9 Å². The minimum Gasteiger partial charge on any atom is -0.497 e. The lowest BCUT2D eigenvalue weighted by atomic mass is 9.89. The van der Waals surface area contributed by atoms with Gasteiger partial charge in [-0.1, -0.05) is 72.9 Å². The lowest BCUT2D eigenvalue weighted by Gasteiger charge is -2.29. The average Bonchev–Trinajstić information content (AvgIpc) is 3.09. The molecule has 0 saturated carbocycles. The third kappa shape index (κ3) is 13.0. The number of para-hydroxylation sites is 1. The number of anilines is 1. The molecule has 0 unspecified atom stereocenters. The van der Waals surface area contributed by atoms with Gasteiger partial charge in [0, 0.05) is 35.2 Å². The molecular formula is C37H52F3NO7. The molecule has 0 spiro atoms. The first-order chi connectivity index (χ1) is 22.8. The highest BCUT2D eigenvalue weighted by molar-refractivity contribution is 5.94. The zero-order valence-corrected chi connectivity index (χ0v) is 29.9. The summed E-state index contributed by atoms with van der Waals surface area (Å²) in [4.78, 5) is 23.1. The molecule has 0 aliphatic heterocycles. The quantitative estimate of drug-likeness (QED) is 0.202. The summed E-state index contributed by atoms with van der Waals surface area (Å²) in [6.45, 7) is 11.9. The number of hydrogen-bond donors (Lipinski definition) is 1. The van der Waals surface area contributed by atoms with E-state index in [0.717, 1.165) is 12.1 Å². The van der Waals surface area contributed by atoms with Crippen molar-refractivity contribution < 1.29 is 46.8 Å². The summed E-state index contributed by atoms with van der Waals surface area (Å²) in [5.41, 5.74) is 1.17. The second-order valence-corrected chi connectivity index (χ2v) is 10.4. The highest BCUT2D eigenvalue weighted by Gasteiger charge is 2.33. The van der Waals surface area contributed by atoms with Crippen LogP contribution < -0.4 is 23.8 Å². The van der Waals surface area contributed by atoms with Crippen molar-refractivity contribution in [1.82, 2.24) is 0 Å². The van der Waals surface area contributed by atoms with Crippen LogP contribution >= 0.6 is 0 Å². The summed E-state index contributed by atoms with van der Waals surface area (Å²) in [5.74, 6) is 1.10. The number of rotatable bonds is 11. The van der Waals surface area contributed by atoms with Gasteiger partial charge in [-0.15, -0.1) is 0 Å². The zero-order valence-electron chi connectivity index (χ0n) is 29.9. The maximum atomic E-state index is 13.8. The van der Waals surface area contributed by atoms with Crippen LogP contribution in [0.5, 0.6) is 23.0 Å². The van der Waals surface area contributed by atoms with Crippen molar-refractivity contribution in [3.63, 3.8) is 0 Å². The number of carboxylic acid groups (broad SMARTS) is 1. The fourth-order valence-electron chi connectivity index (χ4n) is 4.40. The highest BCUT2D eigenvalue weighted by atomic mass is 19.4. The van der Waals surface area contributed by atoms with E-state index in [1.165, 1.54) is 58.7 Å². The van der Waals surface area contributed by atoms with E-state index in [4.69, 9.17) is 28.8 Å². The Morgan fingerprint density at radius 2 is 1.42 bits per heavy atom. The first-order valence-corrected chi connectivity index (χ1v) is 15.8. The minimum absolute atomic E-state index is 0.0835. The van der Waals surface area contributed by atoms with Gasteiger partial charge in [0.15, 0.2) is 11.5 Å². The van der Waals surface area contributed by atoms with Crippen LogP contribution in [-0.2, 0) is 22.3 Å². The van der Waals surface area contributed by atoms with Crippen molar-refractivity contribution in [3.8, 4) is 23.0 Å². The number of carbonyl (C=O) groups is 2. The molecule has 0 aliphatic carbocycles. The number of ether oxygens (including phenoxy) is 4. The van der Waals surface area contributed by atoms with Crippen molar-refractivity contribution in [2.45, 2.75) is 85.9 Å². The van der Waals surface area contributed by atoms with Crippen molar-refractivity contribution in [3.05, 3.63) is 76.9 Å². The van der Waals surface area contributed by atoms with Gasteiger partial charge in [-0.25, -0.2) is 0 Å². The molecule has 0 bridgehead atoms. The first kappa shape index (κ1) is 43.6. The molecule has 3 rings (SSSR count). The molecule has 3 aromatic carbocycles. The normalized spacial score (nSPS) is 10.8. The lowest BCUT2D eigenvalue weighted by molar-refractivity contribution is -0.137. The molecule has 268 valence electrons. The largest absolute Gasteiger partial charge is 0.497 e.